The first-order valence-corrected chi connectivity index (χ1v) is 7.30. The third-order valence-corrected chi connectivity index (χ3v) is 3.10. The fourth-order valence-corrected chi connectivity index (χ4v) is 1.79. The average molecular weight is 289 g/mol. The summed E-state index contributed by atoms with van der Waals surface area (Å²) in [7, 11) is -4.49. The number of amides is 1. The lowest BCUT2D eigenvalue weighted by Gasteiger charge is -2.06. The maximum atomic E-state index is 12.1. The van der Waals surface area contributed by atoms with Gasteiger partial charge in [-0.25, -0.2) is 4.79 Å². The van der Waals surface area contributed by atoms with E-state index in [-0.39, 0.29) is 13.0 Å². The molecule has 1 aromatic rings. The number of halogens is 1. The van der Waals surface area contributed by atoms with Crippen LogP contribution in [0.2, 0.25) is 0 Å². The highest BCUT2D eigenvalue weighted by molar-refractivity contribution is 7.86. The number of alkyl carbamates (subject to hydrolysis) is 1. The highest BCUT2D eigenvalue weighted by Crippen LogP contribution is 2.02. The lowest BCUT2D eigenvalue weighted by atomic mass is 10.1. The Hall–Kier alpha value is -1.63. The van der Waals surface area contributed by atoms with E-state index in [1.165, 1.54) is 0 Å². The molecule has 1 rings (SSSR count). The minimum absolute atomic E-state index is 0.0587. The highest BCUT2D eigenvalue weighted by Gasteiger charge is 2.07. The molecule has 0 unspecified atom stereocenters. The summed E-state index contributed by atoms with van der Waals surface area (Å²) in [6, 6.07) is 7.61. The van der Waals surface area contributed by atoms with Crippen molar-refractivity contribution >= 4 is 16.3 Å². The number of nitrogens with one attached hydrogen (secondary N) is 1. The Bertz CT molecular complexity index is 513. The van der Waals surface area contributed by atoms with Crippen LogP contribution in [0.5, 0.6) is 0 Å². The molecule has 0 saturated heterocycles. The standard InChI is InChI=1S/C12H16FNO4S/c1-10-3-5-11(6-4-10)9-14-12(15)18-7-2-8-19(13,16)17/h3-6H,2,7-9H2,1H3,(H,14,15). The largest absolute Gasteiger partial charge is 0.450 e. The van der Waals surface area contributed by atoms with Crippen molar-refractivity contribution in [2.24, 2.45) is 0 Å². The van der Waals surface area contributed by atoms with Gasteiger partial charge in [0.2, 0.25) is 0 Å². The molecule has 0 aliphatic rings. The normalized spacial score (nSPS) is 11.1. The summed E-state index contributed by atoms with van der Waals surface area (Å²) in [4.78, 5) is 11.2. The van der Waals surface area contributed by atoms with E-state index in [4.69, 9.17) is 4.74 Å². The molecule has 1 N–H and O–H groups in total. The Balaban J connectivity index is 2.19. The van der Waals surface area contributed by atoms with Crippen LogP contribution in [0.3, 0.4) is 0 Å². The fraction of sp³-hybridized carbons (Fsp3) is 0.417. The molecule has 0 radical (unpaired) electrons. The van der Waals surface area contributed by atoms with Gasteiger partial charge in [-0.05, 0) is 18.9 Å². The van der Waals surface area contributed by atoms with Crippen LogP contribution in [0.1, 0.15) is 17.5 Å². The van der Waals surface area contributed by atoms with E-state index in [2.05, 4.69) is 5.32 Å². The maximum absolute atomic E-state index is 12.1. The second-order valence-corrected chi connectivity index (χ2v) is 5.56. The van der Waals surface area contributed by atoms with Crippen LogP contribution >= 0.6 is 0 Å². The number of carbonyl (C=O) groups is 1. The van der Waals surface area contributed by atoms with Gasteiger partial charge in [-0.2, -0.15) is 8.42 Å². The molecular weight excluding hydrogens is 273 g/mol. The van der Waals surface area contributed by atoms with E-state index in [1.807, 2.05) is 31.2 Å². The molecular formula is C12H16FNO4S. The van der Waals surface area contributed by atoms with E-state index >= 15 is 0 Å². The Labute approximate surface area is 112 Å². The van der Waals surface area contributed by atoms with Gasteiger partial charge in [0, 0.05) is 6.54 Å². The zero-order valence-electron chi connectivity index (χ0n) is 10.6. The number of aryl methyl sites for hydroxylation is 1. The number of benzene rings is 1. The van der Waals surface area contributed by atoms with E-state index < -0.39 is 22.1 Å². The van der Waals surface area contributed by atoms with Crippen LogP contribution in [0.15, 0.2) is 24.3 Å². The lowest BCUT2D eigenvalue weighted by molar-refractivity contribution is 0.146. The Morgan fingerprint density at radius 2 is 1.95 bits per heavy atom. The molecule has 0 heterocycles. The van der Waals surface area contributed by atoms with Crippen molar-refractivity contribution in [3.63, 3.8) is 0 Å². The molecule has 0 aliphatic carbocycles. The third-order valence-electron chi connectivity index (χ3n) is 2.32. The van der Waals surface area contributed by atoms with E-state index in [9.17, 15) is 17.1 Å². The van der Waals surface area contributed by atoms with Crippen molar-refractivity contribution in [1.29, 1.82) is 0 Å². The third kappa shape index (κ3) is 7.40. The molecule has 7 heteroatoms. The minimum Gasteiger partial charge on any atom is -0.450 e. The first kappa shape index (κ1) is 15.4. The Kier molecular flexibility index (Phi) is 5.75. The van der Waals surface area contributed by atoms with Crippen LogP contribution in [-0.4, -0.2) is 26.9 Å². The summed E-state index contributed by atoms with van der Waals surface area (Å²) in [5, 5.41) is 2.51. The van der Waals surface area contributed by atoms with Crippen LogP contribution in [0.4, 0.5) is 8.68 Å². The summed E-state index contributed by atoms with van der Waals surface area (Å²) < 4.78 is 37.2. The van der Waals surface area contributed by atoms with E-state index in [0.717, 1.165) is 11.1 Å². The van der Waals surface area contributed by atoms with Crippen LogP contribution in [-0.2, 0) is 21.5 Å². The van der Waals surface area contributed by atoms with Crippen molar-refractivity contribution in [3.05, 3.63) is 35.4 Å². The predicted molar refractivity (Wildman–Crippen MR) is 68.9 cm³/mol. The first-order chi connectivity index (χ1) is 8.87. The van der Waals surface area contributed by atoms with Gasteiger partial charge in [-0.1, -0.05) is 29.8 Å². The molecule has 0 aliphatic heterocycles. The van der Waals surface area contributed by atoms with Gasteiger partial charge in [-0.3, -0.25) is 0 Å². The van der Waals surface area contributed by atoms with E-state index in [1.54, 1.807) is 0 Å². The van der Waals surface area contributed by atoms with Gasteiger partial charge in [-0.15, -0.1) is 3.89 Å². The molecule has 5 nitrogen and oxygen atoms in total. The smallest absolute Gasteiger partial charge is 0.407 e. The van der Waals surface area contributed by atoms with Gasteiger partial charge in [0.1, 0.15) is 0 Å². The SMILES string of the molecule is Cc1ccc(CNC(=O)OCCCS(=O)(=O)F)cc1. The van der Waals surface area contributed by atoms with Crippen molar-refractivity contribution in [1.82, 2.24) is 5.32 Å². The molecule has 0 saturated carbocycles. The van der Waals surface area contributed by atoms with E-state index in [0.29, 0.717) is 6.54 Å². The summed E-state index contributed by atoms with van der Waals surface area (Å²) in [5.74, 6) is -0.641. The summed E-state index contributed by atoms with van der Waals surface area (Å²) >= 11 is 0. The van der Waals surface area contributed by atoms with Crippen molar-refractivity contribution < 1.29 is 21.8 Å². The van der Waals surface area contributed by atoms with Crippen molar-refractivity contribution in [2.45, 2.75) is 19.9 Å². The molecule has 0 fully saturated rings. The van der Waals surface area contributed by atoms with Gasteiger partial charge < -0.3 is 10.1 Å². The van der Waals surface area contributed by atoms with Crippen molar-refractivity contribution in [2.75, 3.05) is 12.4 Å². The predicted octanol–water partition coefficient (Wildman–Crippen LogP) is 1.91. The van der Waals surface area contributed by atoms with Gasteiger partial charge in [0.25, 0.3) is 0 Å². The van der Waals surface area contributed by atoms with Crippen LogP contribution < -0.4 is 5.32 Å². The molecule has 19 heavy (non-hydrogen) atoms. The van der Waals surface area contributed by atoms with Crippen LogP contribution in [0.25, 0.3) is 0 Å². The molecule has 1 aromatic carbocycles. The molecule has 0 bridgehead atoms. The lowest BCUT2D eigenvalue weighted by Crippen LogP contribution is -2.24. The zero-order chi connectivity index (χ0) is 14.3. The minimum atomic E-state index is -4.49. The maximum Gasteiger partial charge on any atom is 0.407 e. The molecule has 106 valence electrons. The number of ether oxygens (including phenoxy) is 1. The summed E-state index contributed by atoms with van der Waals surface area (Å²) in [6.45, 7) is 2.15. The number of carbonyl (C=O) groups excluding carboxylic acids is 1. The van der Waals surface area contributed by atoms with Crippen molar-refractivity contribution in [3.8, 4) is 0 Å². The average Bonchev–Trinajstić information content (AvgIpc) is 2.33. The van der Waals surface area contributed by atoms with Crippen LogP contribution in [0, 0.1) is 6.92 Å². The van der Waals surface area contributed by atoms with Gasteiger partial charge in [0.05, 0.1) is 12.4 Å². The summed E-state index contributed by atoms with van der Waals surface area (Å²) in [5.41, 5.74) is 2.05. The zero-order valence-corrected chi connectivity index (χ0v) is 11.4. The van der Waals surface area contributed by atoms with Gasteiger partial charge >= 0.3 is 16.3 Å². The molecule has 1 amide bonds. The Morgan fingerprint density at radius 3 is 2.53 bits per heavy atom. The summed E-state index contributed by atoms with van der Waals surface area (Å²) in [6.07, 6.45) is -0.714. The molecule has 0 aromatic heterocycles. The molecule has 0 atom stereocenters. The second kappa shape index (κ2) is 7.08. The number of rotatable bonds is 6. The first-order valence-electron chi connectivity index (χ1n) is 5.75. The monoisotopic (exact) mass is 289 g/mol. The second-order valence-electron chi connectivity index (χ2n) is 4.07. The number of hydrogen-bond donors (Lipinski definition) is 1. The fourth-order valence-electron chi connectivity index (χ4n) is 1.33. The number of hydrogen-bond acceptors (Lipinski definition) is 4. The van der Waals surface area contributed by atoms with Gasteiger partial charge in [0.15, 0.2) is 0 Å². The highest BCUT2D eigenvalue weighted by atomic mass is 32.3. The quantitative estimate of drug-likeness (QED) is 0.641. The molecule has 0 spiro atoms. The topological polar surface area (TPSA) is 72.5 Å². The Morgan fingerprint density at radius 1 is 1.32 bits per heavy atom.